The molecule has 3 heterocycles. The van der Waals surface area contributed by atoms with E-state index < -0.39 is 10.0 Å². The van der Waals surface area contributed by atoms with Gasteiger partial charge in [0.15, 0.2) is 0 Å². The summed E-state index contributed by atoms with van der Waals surface area (Å²) in [6.07, 6.45) is 3.00. The number of rotatable bonds is 6. The van der Waals surface area contributed by atoms with Gasteiger partial charge in [-0.25, -0.2) is 8.42 Å². The molecule has 0 bridgehead atoms. The molecule has 0 atom stereocenters. The van der Waals surface area contributed by atoms with Crippen molar-refractivity contribution < 1.29 is 13.2 Å². The van der Waals surface area contributed by atoms with E-state index in [9.17, 15) is 18.0 Å². The number of piperidine rings is 1. The van der Waals surface area contributed by atoms with Gasteiger partial charge < -0.3 is 9.47 Å². The van der Waals surface area contributed by atoms with E-state index in [1.54, 1.807) is 29.2 Å². The van der Waals surface area contributed by atoms with E-state index in [1.165, 1.54) is 20.6 Å². The monoisotopic (exact) mass is 522 g/mol. The van der Waals surface area contributed by atoms with Crippen molar-refractivity contribution in [2.24, 2.45) is 5.92 Å². The van der Waals surface area contributed by atoms with Gasteiger partial charge in [-0.15, -0.1) is 0 Å². The Morgan fingerprint density at radius 3 is 2.16 bits per heavy atom. The Hall–Kier alpha value is -3.01. The second kappa shape index (κ2) is 10.8. The lowest BCUT2D eigenvalue weighted by Gasteiger charge is -2.35. The largest absolute Gasteiger partial charge is 0.339 e. The van der Waals surface area contributed by atoms with Crippen LogP contribution in [0.25, 0.3) is 10.8 Å². The van der Waals surface area contributed by atoms with Crippen LogP contribution in [-0.2, 0) is 27.9 Å². The second-order valence-corrected chi connectivity index (χ2v) is 12.1. The van der Waals surface area contributed by atoms with Gasteiger partial charge in [-0.1, -0.05) is 55.5 Å². The molecule has 0 unspecified atom stereocenters. The molecule has 0 aliphatic carbocycles. The number of hydrogen-bond donors (Lipinski definition) is 0. The van der Waals surface area contributed by atoms with Gasteiger partial charge in [0.05, 0.1) is 0 Å². The molecule has 2 aromatic carbocycles. The molecule has 0 N–H and O–H groups in total. The fourth-order valence-electron chi connectivity index (χ4n) is 5.24. The molecule has 2 saturated heterocycles. The Balaban J connectivity index is 1.35. The first-order chi connectivity index (χ1) is 17.8. The van der Waals surface area contributed by atoms with Gasteiger partial charge in [0, 0.05) is 62.8 Å². The lowest BCUT2D eigenvalue weighted by Crippen LogP contribution is -2.49. The first-order valence-electron chi connectivity index (χ1n) is 13.0. The summed E-state index contributed by atoms with van der Waals surface area (Å²) in [4.78, 5) is 30.7. The quantitative estimate of drug-likeness (QED) is 0.497. The van der Waals surface area contributed by atoms with Gasteiger partial charge >= 0.3 is 0 Å². The molecule has 8 nitrogen and oxygen atoms in total. The molecule has 9 heteroatoms. The summed E-state index contributed by atoms with van der Waals surface area (Å²) in [5.74, 6) is 0.315. The van der Waals surface area contributed by atoms with Crippen molar-refractivity contribution in [2.75, 3.05) is 39.3 Å². The van der Waals surface area contributed by atoms with Crippen molar-refractivity contribution in [3.63, 3.8) is 0 Å². The van der Waals surface area contributed by atoms with Crippen LogP contribution in [-0.4, -0.2) is 72.3 Å². The van der Waals surface area contributed by atoms with E-state index in [1.807, 2.05) is 18.2 Å². The van der Waals surface area contributed by atoms with Crippen LogP contribution in [0.15, 0.2) is 70.5 Å². The summed E-state index contributed by atoms with van der Waals surface area (Å²) >= 11 is 0. The van der Waals surface area contributed by atoms with Crippen LogP contribution in [0.2, 0.25) is 0 Å². The fourth-order valence-corrected chi connectivity index (χ4v) is 6.93. The van der Waals surface area contributed by atoms with Crippen molar-refractivity contribution in [3.05, 3.63) is 76.7 Å². The molecule has 37 heavy (non-hydrogen) atoms. The molecule has 1 aromatic heterocycles. The number of nitrogens with zero attached hydrogens (tertiary/aromatic N) is 4. The first-order valence-corrected chi connectivity index (χ1v) is 14.4. The second-order valence-electron chi connectivity index (χ2n) is 10.2. The summed E-state index contributed by atoms with van der Waals surface area (Å²) in [5.41, 5.74) is 0.889. The van der Waals surface area contributed by atoms with Crippen LogP contribution < -0.4 is 5.56 Å². The molecule has 2 aliphatic rings. The molecular weight excluding hydrogens is 488 g/mol. The molecule has 3 aromatic rings. The molecule has 2 fully saturated rings. The van der Waals surface area contributed by atoms with Gasteiger partial charge in [0.2, 0.25) is 15.9 Å². The van der Waals surface area contributed by atoms with Crippen LogP contribution >= 0.6 is 0 Å². The zero-order valence-corrected chi connectivity index (χ0v) is 22.1. The number of piperazine rings is 1. The number of hydrogen-bond acceptors (Lipinski definition) is 5. The number of amides is 1. The van der Waals surface area contributed by atoms with Crippen LogP contribution in [0.3, 0.4) is 0 Å². The first kappa shape index (κ1) is 25.6. The molecule has 2 aliphatic heterocycles. The highest BCUT2D eigenvalue weighted by atomic mass is 32.2. The van der Waals surface area contributed by atoms with Crippen LogP contribution in [0.5, 0.6) is 0 Å². The van der Waals surface area contributed by atoms with E-state index >= 15 is 0 Å². The summed E-state index contributed by atoms with van der Waals surface area (Å²) in [7, 11) is -3.81. The summed E-state index contributed by atoms with van der Waals surface area (Å²) in [5, 5.41) is 0.721. The predicted molar refractivity (Wildman–Crippen MR) is 144 cm³/mol. The third-order valence-electron chi connectivity index (χ3n) is 7.60. The highest BCUT2D eigenvalue weighted by Gasteiger charge is 2.31. The number of sulfonamides is 1. The highest BCUT2D eigenvalue weighted by molar-refractivity contribution is 7.89. The number of aromatic nitrogens is 1. The minimum Gasteiger partial charge on any atom is -0.339 e. The third kappa shape index (κ3) is 5.49. The van der Waals surface area contributed by atoms with E-state index in [0.29, 0.717) is 42.9 Å². The van der Waals surface area contributed by atoms with Crippen LogP contribution in [0, 0.1) is 5.92 Å². The maximum absolute atomic E-state index is 13.7. The Kier molecular flexibility index (Phi) is 7.46. The number of carbonyl (C=O) groups is 1. The minimum atomic E-state index is -3.81. The zero-order valence-electron chi connectivity index (χ0n) is 21.3. The van der Waals surface area contributed by atoms with E-state index in [-0.39, 0.29) is 22.9 Å². The average molecular weight is 523 g/mol. The molecular formula is C28H34N4O4S. The van der Waals surface area contributed by atoms with Crippen molar-refractivity contribution in [1.29, 1.82) is 0 Å². The topological polar surface area (TPSA) is 82.9 Å². The zero-order chi connectivity index (χ0) is 26.0. The molecule has 1 amide bonds. The van der Waals surface area contributed by atoms with Crippen LogP contribution in [0.4, 0.5) is 0 Å². The lowest BCUT2D eigenvalue weighted by molar-refractivity contribution is -0.133. The van der Waals surface area contributed by atoms with E-state index in [2.05, 4.69) is 24.0 Å². The summed E-state index contributed by atoms with van der Waals surface area (Å²) in [6, 6.07) is 17.0. The van der Waals surface area contributed by atoms with E-state index in [0.717, 1.165) is 32.5 Å². The van der Waals surface area contributed by atoms with Crippen molar-refractivity contribution in [3.8, 4) is 0 Å². The number of benzene rings is 2. The Bertz CT molecular complexity index is 1420. The van der Waals surface area contributed by atoms with Crippen LogP contribution in [0.1, 0.15) is 25.3 Å². The molecule has 196 valence electrons. The van der Waals surface area contributed by atoms with Gasteiger partial charge in [-0.05, 0) is 30.4 Å². The Labute approximate surface area is 218 Å². The van der Waals surface area contributed by atoms with Crippen molar-refractivity contribution >= 4 is 26.7 Å². The van der Waals surface area contributed by atoms with Gasteiger partial charge in [0.25, 0.3) is 5.56 Å². The highest BCUT2D eigenvalue weighted by Crippen LogP contribution is 2.27. The Morgan fingerprint density at radius 2 is 1.49 bits per heavy atom. The summed E-state index contributed by atoms with van der Waals surface area (Å²) in [6.45, 7) is 6.36. The van der Waals surface area contributed by atoms with Crippen molar-refractivity contribution in [2.45, 2.75) is 37.8 Å². The van der Waals surface area contributed by atoms with Gasteiger partial charge in [-0.3, -0.25) is 14.5 Å². The summed E-state index contributed by atoms with van der Waals surface area (Å²) < 4.78 is 30.1. The maximum atomic E-state index is 13.7. The van der Waals surface area contributed by atoms with E-state index in [4.69, 9.17) is 0 Å². The predicted octanol–water partition coefficient (Wildman–Crippen LogP) is 2.77. The average Bonchev–Trinajstić information content (AvgIpc) is 2.91. The van der Waals surface area contributed by atoms with Gasteiger partial charge in [0.1, 0.15) is 11.4 Å². The molecule has 0 radical (unpaired) electrons. The standard InChI is InChI=1S/C28H34N4O4S/c1-22-11-13-32(14-12-22)37(35,36)26-20-31(28(34)25-10-6-5-9-24(25)26)21-27(33)30-17-15-29(16-18-30)19-23-7-3-2-4-8-23/h2-10,20,22H,11-19,21H2,1H3. The third-order valence-corrected chi connectivity index (χ3v) is 9.52. The fraction of sp³-hybridized carbons (Fsp3) is 0.429. The molecule has 0 saturated carbocycles. The maximum Gasteiger partial charge on any atom is 0.258 e. The smallest absolute Gasteiger partial charge is 0.258 e. The molecule has 0 spiro atoms. The molecule has 5 rings (SSSR count). The van der Waals surface area contributed by atoms with Gasteiger partial charge in [-0.2, -0.15) is 4.31 Å². The number of pyridine rings is 1. The van der Waals surface area contributed by atoms with Crippen molar-refractivity contribution in [1.82, 2.24) is 18.7 Å². The normalized spacial score (nSPS) is 18.4. The lowest BCUT2D eigenvalue weighted by atomic mass is 10.0. The number of fused-ring (bicyclic) bond motifs is 1. The minimum absolute atomic E-state index is 0.0951. The Morgan fingerprint density at radius 1 is 0.865 bits per heavy atom. The SMILES string of the molecule is CC1CCN(S(=O)(=O)c2cn(CC(=O)N3CCN(Cc4ccccc4)CC3)c(=O)c3ccccc23)CC1. The number of carbonyl (C=O) groups excluding carboxylic acids is 1.